The first-order valence-electron chi connectivity index (χ1n) is 7.06. The molecule has 23 heavy (non-hydrogen) atoms. The molecule has 0 fully saturated rings. The highest BCUT2D eigenvalue weighted by atomic mass is 35.5. The highest BCUT2D eigenvalue weighted by molar-refractivity contribution is 6.30. The third-order valence-electron chi connectivity index (χ3n) is 3.18. The zero-order valence-electron chi connectivity index (χ0n) is 12.2. The molecule has 0 aliphatic heterocycles. The first kappa shape index (κ1) is 15.2. The number of aromatic nitrogens is 3. The van der Waals surface area contributed by atoms with Gasteiger partial charge in [-0.3, -0.25) is 0 Å². The van der Waals surface area contributed by atoms with Crippen LogP contribution in [0.15, 0.2) is 60.8 Å². The van der Waals surface area contributed by atoms with E-state index in [4.69, 9.17) is 16.3 Å². The summed E-state index contributed by atoms with van der Waals surface area (Å²) in [7, 11) is 0. The predicted molar refractivity (Wildman–Crippen MR) is 86.1 cm³/mol. The van der Waals surface area contributed by atoms with E-state index in [1.54, 1.807) is 35.1 Å². The maximum absolute atomic E-state index is 11.9. The Morgan fingerprint density at radius 1 is 1.13 bits per heavy atom. The van der Waals surface area contributed by atoms with Gasteiger partial charge in [-0.1, -0.05) is 53.2 Å². The Morgan fingerprint density at radius 3 is 2.74 bits per heavy atom. The summed E-state index contributed by atoms with van der Waals surface area (Å²) >= 11 is 5.85. The number of benzene rings is 2. The minimum Gasteiger partial charge on any atom is -0.455 e. The molecule has 3 rings (SSSR count). The average Bonchev–Trinajstić information content (AvgIpc) is 3.01. The zero-order valence-corrected chi connectivity index (χ0v) is 13.0. The molecule has 2 aromatic carbocycles. The monoisotopic (exact) mass is 327 g/mol. The number of rotatable bonds is 5. The Bertz CT molecular complexity index is 802. The smallest absolute Gasteiger partial charge is 0.338 e. The van der Waals surface area contributed by atoms with Crippen molar-refractivity contribution in [1.82, 2.24) is 15.0 Å². The van der Waals surface area contributed by atoms with Gasteiger partial charge in [-0.15, -0.1) is 5.10 Å². The second-order valence-electron chi connectivity index (χ2n) is 4.98. The Kier molecular flexibility index (Phi) is 4.68. The highest BCUT2D eigenvalue weighted by Crippen LogP contribution is 2.12. The van der Waals surface area contributed by atoms with Gasteiger partial charge in [-0.05, 0) is 23.8 Å². The third-order valence-corrected chi connectivity index (χ3v) is 3.42. The largest absolute Gasteiger partial charge is 0.455 e. The normalized spacial score (nSPS) is 10.5. The van der Waals surface area contributed by atoms with Crippen LogP contribution in [-0.4, -0.2) is 21.0 Å². The van der Waals surface area contributed by atoms with Gasteiger partial charge >= 0.3 is 5.97 Å². The summed E-state index contributed by atoms with van der Waals surface area (Å²) in [6, 6.07) is 16.6. The molecule has 0 saturated heterocycles. The molecule has 0 unspecified atom stereocenters. The topological polar surface area (TPSA) is 57.0 Å². The van der Waals surface area contributed by atoms with E-state index in [1.807, 2.05) is 30.3 Å². The van der Waals surface area contributed by atoms with Crippen LogP contribution in [0.4, 0.5) is 0 Å². The summed E-state index contributed by atoms with van der Waals surface area (Å²) in [4.78, 5) is 11.9. The Hall–Kier alpha value is -2.66. The van der Waals surface area contributed by atoms with E-state index in [9.17, 15) is 4.79 Å². The van der Waals surface area contributed by atoms with Crippen molar-refractivity contribution in [3.63, 3.8) is 0 Å². The fraction of sp³-hybridized carbons (Fsp3) is 0.118. The molecule has 5 nitrogen and oxygen atoms in total. The Balaban J connectivity index is 1.58. The average molecular weight is 328 g/mol. The van der Waals surface area contributed by atoms with Crippen LogP contribution in [0.3, 0.4) is 0 Å². The quantitative estimate of drug-likeness (QED) is 0.674. The SMILES string of the molecule is O=C(OCc1cn(Cc2ccccc2)nn1)c1cccc(Cl)c1. The first-order valence-corrected chi connectivity index (χ1v) is 7.44. The second kappa shape index (κ2) is 7.07. The van der Waals surface area contributed by atoms with Crippen molar-refractivity contribution in [3.05, 3.63) is 82.6 Å². The van der Waals surface area contributed by atoms with E-state index in [2.05, 4.69) is 10.3 Å². The highest BCUT2D eigenvalue weighted by Gasteiger charge is 2.09. The van der Waals surface area contributed by atoms with E-state index in [-0.39, 0.29) is 6.61 Å². The maximum Gasteiger partial charge on any atom is 0.338 e. The van der Waals surface area contributed by atoms with Gasteiger partial charge in [0.05, 0.1) is 18.3 Å². The molecule has 3 aromatic rings. The van der Waals surface area contributed by atoms with Gasteiger partial charge in [0, 0.05) is 5.02 Å². The van der Waals surface area contributed by atoms with Crippen molar-refractivity contribution in [2.75, 3.05) is 0 Å². The van der Waals surface area contributed by atoms with Crippen molar-refractivity contribution >= 4 is 17.6 Å². The lowest BCUT2D eigenvalue weighted by Crippen LogP contribution is -2.05. The molecule has 116 valence electrons. The summed E-state index contributed by atoms with van der Waals surface area (Å²) in [5, 5.41) is 8.53. The number of hydrogen-bond donors (Lipinski definition) is 0. The van der Waals surface area contributed by atoms with Gasteiger partial charge < -0.3 is 4.74 Å². The second-order valence-corrected chi connectivity index (χ2v) is 5.42. The van der Waals surface area contributed by atoms with Crippen molar-refractivity contribution < 1.29 is 9.53 Å². The van der Waals surface area contributed by atoms with Crippen molar-refractivity contribution in [2.45, 2.75) is 13.2 Å². The molecule has 0 N–H and O–H groups in total. The number of ether oxygens (including phenoxy) is 1. The van der Waals surface area contributed by atoms with E-state index in [0.29, 0.717) is 22.8 Å². The number of nitrogens with zero attached hydrogens (tertiary/aromatic N) is 3. The van der Waals surface area contributed by atoms with Crippen LogP contribution >= 0.6 is 11.6 Å². The first-order chi connectivity index (χ1) is 11.2. The standard InChI is InChI=1S/C17H14ClN3O2/c18-15-8-4-7-14(9-15)17(22)23-12-16-11-21(20-19-16)10-13-5-2-1-3-6-13/h1-9,11H,10,12H2. The van der Waals surface area contributed by atoms with E-state index in [1.165, 1.54) is 0 Å². The van der Waals surface area contributed by atoms with Crippen molar-refractivity contribution in [1.29, 1.82) is 0 Å². The lowest BCUT2D eigenvalue weighted by Gasteiger charge is -2.02. The molecule has 0 amide bonds. The molecule has 1 heterocycles. The van der Waals surface area contributed by atoms with Crippen LogP contribution in [0.25, 0.3) is 0 Å². The Morgan fingerprint density at radius 2 is 1.96 bits per heavy atom. The van der Waals surface area contributed by atoms with Crippen LogP contribution in [0.5, 0.6) is 0 Å². The minimum absolute atomic E-state index is 0.0696. The summed E-state index contributed by atoms with van der Waals surface area (Å²) < 4.78 is 6.93. The summed E-state index contributed by atoms with van der Waals surface area (Å²) in [6.45, 7) is 0.691. The van der Waals surface area contributed by atoms with E-state index in [0.717, 1.165) is 5.56 Å². The number of esters is 1. The minimum atomic E-state index is -0.440. The number of carbonyl (C=O) groups excluding carboxylic acids is 1. The predicted octanol–water partition coefficient (Wildman–Crippen LogP) is 3.34. The van der Waals surface area contributed by atoms with Crippen LogP contribution in [0.2, 0.25) is 5.02 Å². The van der Waals surface area contributed by atoms with Gasteiger partial charge in [-0.25, -0.2) is 9.48 Å². The fourth-order valence-corrected chi connectivity index (χ4v) is 2.28. The van der Waals surface area contributed by atoms with Gasteiger partial charge in [0.1, 0.15) is 12.3 Å². The van der Waals surface area contributed by atoms with Crippen LogP contribution in [0.1, 0.15) is 21.6 Å². The lowest BCUT2D eigenvalue weighted by molar-refractivity contribution is 0.0467. The van der Waals surface area contributed by atoms with Gasteiger partial charge in [0.15, 0.2) is 0 Å². The lowest BCUT2D eigenvalue weighted by atomic mass is 10.2. The molecule has 0 saturated carbocycles. The number of hydrogen-bond acceptors (Lipinski definition) is 4. The van der Waals surface area contributed by atoms with Crippen LogP contribution in [-0.2, 0) is 17.9 Å². The van der Waals surface area contributed by atoms with E-state index < -0.39 is 5.97 Å². The molecule has 0 aliphatic carbocycles. The zero-order chi connectivity index (χ0) is 16.1. The number of carbonyl (C=O) groups is 1. The molecule has 0 radical (unpaired) electrons. The summed E-state index contributed by atoms with van der Waals surface area (Å²) in [5.41, 5.74) is 2.13. The van der Waals surface area contributed by atoms with Gasteiger partial charge in [0.25, 0.3) is 0 Å². The fourth-order valence-electron chi connectivity index (χ4n) is 2.09. The van der Waals surface area contributed by atoms with Crippen molar-refractivity contribution in [2.24, 2.45) is 0 Å². The van der Waals surface area contributed by atoms with Crippen molar-refractivity contribution in [3.8, 4) is 0 Å². The Labute approximate surface area is 138 Å². The van der Waals surface area contributed by atoms with Crippen LogP contribution < -0.4 is 0 Å². The maximum atomic E-state index is 11.9. The van der Waals surface area contributed by atoms with Gasteiger partial charge in [-0.2, -0.15) is 0 Å². The van der Waals surface area contributed by atoms with E-state index >= 15 is 0 Å². The molecule has 0 bridgehead atoms. The molecule has 6 heteroatoms. The number of halogens is 1. The molecular weight excluding hydrogens is 314 g/mol. The molecule has 0 spiro atoms. The summed E-state index contributed by atoms with van der Waals surface area (Å²) in [6.07, 6.45) is 1.76. The van der Waals surface area contributed by atoms with Gasteiger partial charge in [0.2, 0.25) is 0 Å². The molecule has 1 aromatic heterocycles. The third kappa shape index (κ3) is 4.17. The molecular formula is C17H14ClN3O2. The molecule has 0 atom stereocenters. The van der Waals surface area contributed by atoms with Crippen LogP contribution in [0, 0.1) is 0 Å². The molecule has 0 aliphatic rings. The summed E-state index contributed by atoms with van der Waals surface area (Å²) in [5.74, 6) is -0.440.